The summed E-state index contributed by atoms with van der Waals surface area (Å²) >= 11 is 5.46. The summed E-state index contributed by atoms with van der Waals surface area (Å²) in [4.78, 5) is 0. The third-order valence-electron chi connectivity index (χ3n) is 1.59. The standard InChI is InChI=1S/C10H6ClF3O/c11-8-4-3-7(2-1-5-15)9(6-8)10(12,13)14/h3-4,6,15H,5H2. The fourth-order valence-corrected chi connectivity index (χ4v) is 1.17. The van der Waals surface area contributed by atoms with Crippen molar-refractivity contribution in [2.45, 2.75) is 6.18 Å². The van der Waals surface area contributed by atoms with Crippen LogP contribution in [0.25, 0.3) is 0 Å². The molecular weight excluding hydrogens is 229 g/mol. The van der Waals surface area contributed by atoms with Crippen molar-refractivity contribution in [3.8, 4) is 11.8 Å². The zero-order valence-electron chi connectivity index (χ0n) is 7.40. The van der Waals surface area contributed by atoms with Gasteiger partial charge in [-0.05, 0) is 18.2 Å². The topological polar surface area (TPSA) is 20.2 Å². The average molecular weight is 235 g/mol. The SMILES string of the molecule is OCC#Cc1ccc(Cl)cc1C(F)(F)F. The first-order valence-electron chi connectivity index (χ1n) is 3.91. The molecule has 0 amide bonds. The van der Waals surface area contributed by atoms with E-state index in [1.165, 1.54) is 12.1 Å². The summed E-state index contributed by atoms with van der Waals surface area (Å²) in [5, 5.41) is 8.39. The van der Waals surface area contributed by atoms with Gasteiger partial charge in [0.25, 0.3) is 0 Å². The van der Waals surface area contributed by atoms with Crippen molar-refractivity contribution in [3.05, 3.63) is 34.3 Å². The highest BCUT2D eigenvalue weighted by Gasteiger charge is 2.33. The highest BCUT2D eigenvalue weighted by molar-refractivity contribution is 6.30. The molecule has 0 heterocycles. The Hall–Kier alpha value is -1.18. The molecular formula is C10H6ClF3O. The number of aliphatic hydroxyl groups is 1. The minimum absolute atomic E-state index is 0.00289. The lowest BCUT2D eigenvalue weighted by Gasteiger charge is -2.09. The Bertz CT molecular complexity index is 415. The van der Waals surface area contributed by atoms with Crippen molar-refractivity contribution < 1.29 is 18.3 Å². The van der Waals surface area contributed by atoms with Gasteiger partial charge < -0.3 is 5.11 Å². The minimum Gasteiger partial charge on any atom is -0.384 e. The van der Waals surface area contributed by atoms with Crippen molar-refractivity contribution in [2.75, 3.05) is 6.61 Å². The van der Waals surface area contributed by atoms with Gasteiger partial charge in [0.15, 0.2) is 0 Å². The van der Waals surface area contributed by atoms with Crippen LogP contribution >= 0.6 is 11.6 Å². The number of aliphatic hydroxyl groups excluding tert-OH is 1. The van der Waals surface area contributed by atoms with Crippen LogP contribution < -0.4 is 0 Å². The minimum atomic E-state index is -4.50. The van der Waals surface area contributed by atoms with Crippen molar-refractivity contribution >= 4 is 11.6 Å². The molecule has 0 aliphatic carbocycles. The quantitative estimate of drug-likeness (QED) is 0.685. The molecule has 80 valence electrons. The number of halogens is 4. The largest absolute Gasteiger partial charge is 0.417 e. The van der Waals surface area contributed by atoms with E-state index in [-0.39, 0.29) is 10.6 Å². The Kier molecular flexibility index (Phi) is 3.61. The molecule has 0 saturated carbocycles. The Labute approximate surface area is 89.5 Å². The molecule has 0 aromatic heterocycles. The maximum absolute atomic E-state index is 12.5. The third kappa shape index (κ3) is 3.15. The van der Waals surface area contributed by atoms with Crippen LogP contribution in [0, 0.1) is 11.8 Å². The molecule has 1 N–H and O–H groups in total. The Balaban J connectivity index is 3.27. The van der Waals surface area contributed by atoms with Gasteiger partial charge in [-0.3, -0.25) is 0 Å². The fraction of sp³-hybridized carbons (Fsp3) is 0.200. The zero-order chi connectivity index (χ0) is 11.5. The monoisotopic (exact) mass is 234 g/mol. The second-order valence-electron chi connectivity index (χ2n) is 2.65. The van der Waals surface area contributed by atoms with Crippen molar-refractivity contribution in [3.63, 3.8) is 0 Å². The third-order valence-corrected chi connectivity index (χ3v) is 1.82. The van der Waals surface area contributed by atoms with Crippen molar-refractivity contribution in [1.82, 2.24) is 0 Å². The van der Waals surface area contributed by atoms with Crippen LogP contribution in [0.3, 0.4) is 0 Å². The maximum Gasteiger partial charge on any atom is 0.417 e. The molecule has 0 unspecified atom stereocenters. The predicted octanol–water partition coefficient (Wildman–Crippen LogP) is 2.70. The molecule has 0 atom stereocenters. The second-order valence-corrected chi connectivity index (χ2v) is 3.08. The lowest BCUT2D eigenvalue weighted by molar-refractivity contribution is -0.137. The van der Waals surface area contributed by atoms with Gasteiger partial charge in [-0.1, -0.05) is 23.4 Å². The summed E-state index contributed by atoms with van der Waals surface area (Å²) < 4.78 is 37.4. The summed E-state index contributed by atoms with van der Waals surface area (Å²) in [6.45, 7) is -0.486. The summed E-state index contributed by atoms with van der Waals surface area (Å²) in [6, 6.07) is 3.30. The molecule has 0 aliphatic heterocycles. The van der Waals surface area contributed by atoms with Gasteiger partial charge >= 0.3 is 6.18 Å². The fourth-order valence-electron chi connectivity index (χ4n) is 0.995. The van der Waals surface area contributed by atoms with E-state index in [4.69, 9.17) is 16.7 Å². The van der Waals surface area contributed by atoms with Crippen LogP contribution in [-0.2, 0) is 6.18 Å². The van der Waals surface area contributed by atoms with Crippen molar-refractivity contribution in [1.29, 1.82) is 0 Å². The second kappa shape index (κ2) is 4.56. The molecule has 1 nitrogen and oxygen atoms in total. The zero-order valence-corrected chi connectivity index (χ0v) is 8.15. The average Bonchev–Trinajstić information content (AvgIpc) is 2.14. The molecule has 1 aromatic carbocycles. The molecule has 0 spiro atoms. The summed E-state index contributed by atoms with van der Waals surface area (Å²) in [5.74, 6) is 4.38. The predicted molar refractivity (Wildman–Crippen MR) is 50.4 cm³/mol. The molecule has 0 radical (unpaired) electrons. The molecule has 15 heavy (non-hydrogen) atoms. The first-order chi connectivity index (χ1) is 6.95. The number of hydrogen-bond acceptors (Lipinski definition) is 1. The lowest BCUT2D eigenvalue weighted by atomic mass is 10.1. The number of benzene rings is 1. The summed E-state index contributed by atoms with van der Waals surface area (Å²) in [7, 11) is 0. The molecule has 1 rings (SSSR count). The molecule has 0 bridgehead atoms. The van der Waals surface area contributed by atoms with E-state index in [2.05, 4.69) is 11.8 Å². The van der Waals surface area contributed by atoms with E-state index in [1.807, 2.05) is 0 Å². The van der Waals surface area contributed by atoms with E-state index in [9.17, 15) is 13.2 Å². The molecule has 0 aliphatic rings. The molecule has 0 fully saturated rings. The van der Waals surface area contributed by atoms with Gasteiger partial charge in [-0.15, -0.1) is 0 Å². The van der Waals surface area contributed by atoms with E-state index in [1.54, 1.807) is 0 Å². The van der Waals surface area contributed by atoms with Crippen LogP contribution in [-0.4, -0.2) is 11.7 Å². The molecule has 1 aromatic rings. The first-order valence-corrected chi connectivity index (χ1v) is 4.29. The van der Waals surface area contributed by atoms with Gasteiger partial charge in [0, 0.05) is 10.6 Å². The maximum atomic E-state index is 12.5. The molecule has 5 heteroatoms. The Morgan fingerprint density at radius 3 is 2.53 bits per heavy atom. The van der Waals surface area contributed by atoms with E-state index < -0.39 is 18.3 Å². The number of alkyl halides is 3. The van der Waals surface area contributed by atoms with Gasteiger partial charge in [0.1, 0.15) is 6.61 Å². The summed E-state index contributed by atoms with van der Waals surface area (Å²) in [5.41, 5.74) is -1.09. The van der Waals surface area contributed by atoms with Crippen LogP contribution in [0.1, 0.15) is 11.1 Å². The van der Waals surface area contributed by atoms with Gasteiger partial charge in [0.05, 0.1) is 5.56 Å². The van der Waals surface area contributed by atoms with Crippen LogP contribution in [0.2, 0.25) is 5.02 Å². The van der Waals surface area contributed by atoms with E-state index in [0.29, 0.717) is 0 Å². The molecule has 0 saturated heterocycles. The highest BCUT2D eigenvalue weighted by Crippen LogP contribution is 2.33. The van der Waals surface area contributed by atoms with Gasteiger partial charge in [-0.2, -0.15) is 13.2 Å². The van der Waals surface area contributed by atoms with E-state index in [0.717, 1.165) is 6.07 Å². The Morgan fingerprint density at radius 1 is 1.33 bits per heavy atom. The smallest absolute Gasteiger partial charge is 0.384 e. The van der Waals surface area contributed by atoms with Crippen LogP contribution in [0.5, 0.6) is 0 Å². The Morgan fingerprint density at radius 2 is 2.00 bits per heavy atom. The number of hydrogen-bond donors (Lipinski definition) is 1. The lowest BCUT2D eigenvalue weighted by Crippen LogP contribution is -2.07. The normalized spacial score (nSPS) is 10.7. The highest BCUT2D eigenvalue weighted by atomic mass is 35.5. The first kappa shape index (κ1) is 11.9. The van der Waals surface area contributed by atoms with E-state index >= 15 is 0 Å². The van der Waals surface area contributed by atoms with Crippen LogP contribution in [0.4, 0.5) is 13.2 Å². The summed E-state index contributed by atoms with van der Waals surface area (Å²) in [6.07, 6.45) is -4.50. The number of rotatable bonds is 0. The van der Waals surface area contributed by atoms with Crippen LogP contribution in [0.15, 0.2) is 18.2 Å². The van der Waals surface area contributed by atoms with Crippen molar-refractivity contribution in [2.24, 2.45) is 0 Å². The van der Waals surface area contributed by atoms with Gasteiger partial charge in [0.2, 0.25) is 0 Å². The van der Waals surface area contributed by atoms with Gasteiger partial charge in [-0.25, -0.2) is 0 Å².